The van der Waals surface area contributed by atoms with Crippen LogP contribution >= 0.6 is 11.7 Å². The SMILES string of the molecule is Fc1cccc(C#CCOc2nsnc2C23CN4C[C@@H]2[C@@H]3C4)c1. The van der Waals surface area contributed by atoms with Gasteiger partial charge >= 0.3 is 0 Å². The average molecular weight is 327 g/mol. The maximum Gasteiger partial charge on any atom is 0.250 e. The van der Waals surface area contributed by atoms with E-state index in [0.717, 1.165) is 24.1 Å². The number of nitrogens with zero attached hydrogens (tertiary/aromatic N) is 3. The fourth-order valence-corrected chi connectivity index (χ4v) is 4.93. The highest BCUT2D eigenvalue weighted by Gasteiger charge is 2.76. The number of hydrogen-bond acceptors (Lipinski definition) is 5. The molecule has 1 aromatic heterocycles. The molecule has 4 atom stereocenters. The second-order valence-corrected chi connectivity index (χ2v) is 6.99. The van der Waals surface area contributed by atoms with Crippen molar-refractivity contribution in [2.24, 2.45) is 11.8 Å². The van der Waals surface area contributed by atoms with Gasteiger partial charge in [0.15, 0.2) is 6.61 Å². The Labute approximate surface area is 137 Å². The molecular formula is C17H14FN3OS. The molecule has 4 nitrogen and oxygen atoms in total. The Kier molecular flexibility index (Phi) is 2.79. The first kappa shape index (κ1) is 13.5. The summed E-state index contributed by atoms with van der Waals surface area (Å²) in [5, 5.41) is 0. The summed E-state index contributed by atoms with van der Waals surface area (Å²) < 4.78 is 27.7. The maximum atomic E-state index is 13.1. The summed E-state index contributed by atoms with van der Waals surface area (Å²) in [6.45, 7) is 3.73. The Hall–Kier alpha value is -1.97. The summed E-state index contributed by atoms with van der Waals surface area (Å²) in [5.41, 5.74) is 1.89. The number of benzene rings is 1. The molecule has 4 bridgehead atoms. The average Bonchev–Trinajstić information content (AvgIpc) is 3.14. The molecule has 0 N–H and O–H groups in total. The predicted octanol–water partition coefficient (Wildman–Crippen LogP) is 1.92. The predicted molar refractivity (Wildman–Crippen MR) is 83.8 cm³/mol. The van der Waals surface area contributed by atoms with Gasteiger partial charge in [-0.25, -0.2) is 4.39 Å². The molecule has 0 radical (unpaired) electrons. The number of ether oxygens (including phenoxy) is 1. The monoisotopic (exact) mass is 327 g/mol. The van der Waals surface area contributed by atoms with Crippen LogP contribution in [0.4, 0.5) is 4.39 Å². The Morgan fingerprint density at radius 2 is 2.22 bits per heavy atom. The molecule has 0 amide bonds. The number of piperidine rings is 3. The van der Waals surface area contributed by atoms with E-state index in [-0.39, 0.29) is 17.8 Å². The first-order valence-electron chi connectivity index (χ1n) is 7.70. The summed E-state index contributed by atoms with van der Waals surface area (Å²) in [7, 11) is 0. The molecule has 1 saturated carbocycles. The summed E-state index contributed by atoms with van der Waals surface area (Å²) >= 11 is 1.21. The summed E-state index contributed by atoms with van der Waals surface area (Å²) in [6, 6.07) is 6.25. The fourth-order valence-electron chi connectivity index (χ4n) is 4.34. The van der Waals surface area contributed by atoms with E-state index in [1.165, 1.54) is 37.0 Å². The second kappa shape index (κ2) is 4.76. The van der Waals surface area contributed by atoms with Crippen LogP contribution in [0.3, 0.4) is 0 Å². The van der Waals surface area contributed by atoms with Crippen LogP contribution in [0.25, 0.3) is 0 Å². The van der Waals surface area contributed by atoms with Gasteiger partial charge in [-0.15, -0.1) is 4.37 Å². The highest BCUT2D eigenvalue weighted by molar-refractivity contribution is 6.99. The normalized spacial score (nSPS) is 32.5. The van der Waals surface area contributed by atoms with Crippen LogP contribution in [0.15, 0.2) is 24.3 Å². The van der Waals surface area contributed by atoms with E-state index in [1.54, 1.807) is 12.1 Å². The first-order valence-corrected chi connectivity index (χ1v) is 8.43. The Bertz CT molecular complexity index is 828. The third-order valence-corrected chi connectivity index (χ3v) is 5.84. The highest BCUT2D eigenvalue weighted by atomic mass is 32.1. The van der Waals surface area contributed by atoms with E-state index in [2.05, 4.69) is 25.5 Å². The number of rotatable bonds is 3. The largest absolute Gasteiger partial charge is 0.463 e. The van der Waals surface area contributed by atoms with Crippen molar-refractivity contribution in [3.63, 3.8) is 0 Å². The van der Waals surface area contributed by atoms with Crippen molar-refractivity contribution in [1.82, 2.24) is 13.6 Å². The van der Waals surface area contributed by atoms with E-state index in [0.29, 0.717) is 11.4 Å². The minimum absolute atomic E-state index is 0.207. The zero-order valence-corrected chi connectivity index (χ0v) is 13.1. The van der Waals surface area contributed by atoms with Gasteiger partial charge in [-0.2, -0.15) is 4.37 Å². The van der Waals surface area contributed by atoms with Crippen LogP contribution in [0.5, 0.6) is 5.88 Å². The third-order valence-electron chi connectivity index (χ3n) is 5.33. The van der Waals surface area contributed by atoms with Crippen molar-refractivity contribution in [2.45, 2.75) is 5.41 Å². The van der Waals surface area contributed by atoms with Crippen LogP contribution in [-0.4, -0.2) is 39.9 Å². The van der Waals surface area contributed by atoms with Gasteiger partial charge in [0.25, 0.3) is 5.88 Å². The molecule has 2 unspecified atom stereocenters. The molecule has 6 rings (SSSR count). The minimum atomic E-state index is -0.280. The van der Waals surface area contributed by atoms with E-state index in [9.17, 15) is 4.39 Å². The number of aromatic nitrogens is 2. The molecular weight excluding hydrogens is 313 g/mol. The van der Waals surface area contributed by atoms with Gasteiger partial charge < -0.3 is 9.64 Å². The van der Waals surface area contributed by atoms with Gasteiger partial charge in [0, 0.05) is 30.6 Å². The molecule has 4 fully saturated rings. The van der Waals surface area contributed by atoms with Crippen LogP contribution in [0, 0.1) is 29.5 Å². The zero-order valence-electron chi connectivity index (χ0n) is 12.3. The quantitative estimate of drug-likeness (QED) is 0.808. The van der Waals surface area contributed by atoms with Crippen molar-refractivity contribution in [3.8, 4) is 17.7 Å². The molecule has 23 heavy (non-hydrogen) atoms. The molecule has 4 aliphatic rings. The molecule has 3 aliphatic heterocycles. The van der Waals surface area contributed by atoms with Gasteiger partial charge in [0.05, 0.1) is 11.7 Å². The lowest BCUT2D eigenvalue weighted by Crippen LogP contribution is -2.17. The second-order valence-electron chi connectivity index (χ2n) is 6.47. The van der Waals surface area contributed by atoms with Crippen LogP contribution in [0.1, 0.15) is 11.3 Å². The van der Waals surface area contributed by atoms with E-state index in [4.69, 9.17) is 4.74 Å². The Morgan fingerprint density at radius 3 is 2.96 bits per heavy atom. The van der Waals surface area contributed by atoms with Crippen molar-refractivity contribution in [2.75, 3.05) is 26.2 Å². The molecule has 4 heterocycles. The third kappa shape index (κ3) is 1.93. The lowest BCUT2D eigenvalue weighted by molar-refractivity contribution is 0.348. The van der Waals surface area contributed by atoms with Crippen molar-refractivity contribution < 1.29 is 9.13 Å². The smallest absolute Gasteiger partial charge is 0.250 e. The standard InChI is InChI=1S/C17H14FN3OS/c18-12-5-1-3-11(7-12)4-2-6-22-16-15(19-23-20-16)17-10-21-8-13(17)14(17)9-21/h1,3,5,7,13-14H,6,8-10H2/t13-,14+,17?. The van der Waals surface area contributed by atoms with E-state index >= 15 is 0 Å². The maximum absolute atomic E-state index is 13.1. The summed E-state index contributed by atoms with van der Waals surface area (Å²) in [4.78, 5) is 2.50. The topological polar surface area (TPSA) is 38.3 Å². The summed E-state index contributed by atoms with van der Waals surface area (Å²) in [6.07, 6.45) is 0. The van der Waals surface area contributed by atoms with Crippen LogP contribution < -0.4 is 4.74 Å². The minimum Gasteiger partial charge on any atom is -0.463 e. The molecule has 3 saturated heterocycles. The fraction of sp³-hybridized carbons (Fsp3) is 0.412. The van der Waals surface area contributed by atoms with Crippen molar-refractivity contribution >= 4 is 11.7 Å². The number of hydrogen-bond donors (Lipinski definition) is 0. The van der Waals surface area contributed by atoms with Gasteiger partial charge in [-0.3, -0.25) is 0 Å². The highest BCUT2D eigenvalue weighted by Crippen LogP contribution is 2.70. The molecule has 2 aromatic rings. The van der Waals surface area contributed by atoms with Crippen molar-refractivity contribution in [3.05, 3.63) is 41.3 Å². The van der Waals surface area contributed by atoms with Crippen LogP contribution in [-0.2, 0) is 5.41 Å². The van der Waals surface area contributed by atoms with E-state index < -0.39 is 0 Å². The van der Waals surface area contributed by atoms with Crippen LogP contribution in [0.2, 0.25) is 0 Å². The van der Waals surface area contributed by atoms with E-state index in [1.807, 2.05) is 0 Å². The molecule has 1 aliphatic carbocycles. The lowest BCUT2D eigenvalue weighted by Gasteiger charge is -2.09. The lowest BCUT2D eigenvalue weighted by atomic mass is 10.0. The van der Waals surface area contributed by atoms with Gasteiger partial charge in [-0.1, -0.05) is 17.9 Å². The first-order chi connectivity index (χ1) is 11.3. The Morgan fingerprint density at radius 1 is 1.35 bits per heavy atom. The molecule has 6 heteroatoms. The Balaban J connectivity index is 1.29. The molecule has 0 spiro atoms. The zero-order chi connectivity index (χ0) is 15.4. The molecule has 116 valence electrons. The van der Waals surface area contributed by atoms with Gasteiger partial charge in [0.1, 0.15) is 11.5 Å². The summed E-state index contributed by atoms with van der Waals surface area (Å²) in [5.74, 6) is 7.67. The van der Waals surface area contributed by atoms with Gasteiger partial charge in [0.2, 0.25) is 0 Å². The molecule has 1 aromatic carbocycles. The number of halogens is 1. The van der Waals surface area contributed by atoms with Crippen molar-refractivity contribution in [1.29, 1.82) is 0 Å². The van der Waals surface area contributed by atoms with Gasteiger partial charge in [-0.05, 0) is 30.0 Å².